The fourth-order valence-corrected chi connectivity index (χ4v) is 5.27. The largest absolute Gasteiger partial charge is 0.497 e. The molecule has 0 aromatic heterocycles. The average Bonchev–Trinajstić information content (AvgIpc) is 2.91. The number of hydrogen-bond donors (Lipinski definition) is 1. The molecule has 5 nitrogen and oxygen atoms in total. The van der Waals surface area contributed by atoms with Crippen molar-refractivity contribution in [1.29, 1.82) is 0 Å². The van der Waals surface area contributed by atoms with Crippen LogP contribution in [0.3, 0.4) is 0 Å². The van der Waals surface area contributed by atoms with Gasteiger partial charge in [0.25, 0.3) is 5.91 Å². The fourth-order valence-electron chi connectivity index (χ4n) is 3.85. The van der Waals surface area contributed by atoms with E-state index in [2.05, 4.69) is 23.5 Å². The van der Waals surface area contributed by atoms with Gasteiger partial charge in [-0.15, -0.1) is 0 Å². The zero-order valence-electron chi connectivity index (χ0n) is 21.2. The van der Waals surface area contributed by atoms with Gasteiger partial charge in [0.1, 0.15) is 11.8 Å². The average molecular weight is 524 g/mol. The summed E-state index contributed by atoms with van der Waals surface area (Å²) in [7, 11) is 3.01. The number of amides is 1. The number of methoxy groups -OCH3 is 2. The maximum absolute atomic E-state index is 13.4. The summed E-state index contributed by atoms with van der Waals surface area (Å²) < 4.78 is 10.2. The molecule has 0 aliphatic rings. The molecule has 1 amide bonds. The number of thioether (sulfide) groups is 2. The first-order valence-electron chi connectivity index (χ1n) is 11.7. The Morgan fingerprint density at radius 3 is 2.28 bits per heavy atom. The van der Waals surface area contributed by atoms with Gasteiger partial charge in [0.2, 0.25) is 0 Å². The zero-order chi connectivity index (χ0) is 25.9. The van der Waals surface area contributed by atoms with E-state index < -0.39 is 12.0 Å². The van der Waals surface area contributed by atoms with Crippen molar-refractivity contribution in [1.82, 2.24) is 5.32 Å². The van der Waals surface area contributed by atoms with Gasteiger partial charge in [0.05, 0.1) is 14.2 Å². The third-order valence-corrected chi connectivity index (χ3v) is 7.58. The molecule has 1 N–H and O–H groups in total. The maximum Gasteiger partial charge on any atom is 0.328 e. The van der Waals surface area contributed by atoms with E-state index in [9.17, 15) is 9.59 Å². The molecule has 36 heavy (non-hydrogen) atoms. The van der Waals surface area contributed by atoms with Gasteiger partial charge in [-0.3, -0.25) is 4.79 Å². The maximum atomic E-state index is 13.4. The van der Waals surface area contributed by atoms with Crippen molar-refractivity contribution >= 4 is 35.4 Å². The van der Waals surface area contributed by atoms with E-state index in [1.807, 2.05) is 73.5 Å². The molecule has 7 heteroatoms. The Balaban J connectivity index is 1.83. The third-order valence-electron chi connectivity index (χ3n) is 5.86. The summed E-state index contributed by atoms with van der Waals surface area (Å²) >= 11 is 3.44. The molecule has 3 aromatic carbocycles. The van der Waals surface area contributed by atoms with Crippen LogP contribution in [0.5, 0.6) is 5.75 Å². The van der Waals surface area contributed by atoms with Crippen molar-refractivity contribution in [3.8, 4) is 16.9 Å². The lowest BCUT2D eigenvalue weighted by molar-refractivity contribution is -0.142. The second kappa shape index (κ2) is 14.0. The number of hydrogen-bond acceptors (Lipinski definition) is 6. The number of ether oxygens (including phenoxy) is 2. The van der Waals surface area contributed by atoms with E-state index >= 15 is 0 Å². The molecular formula is C29H33NO4S2. The van der Waals surface area contributed by atoms with Gasteiger partial charge in [-0.1, -0.05) is 42.5 Å². The van der Waals surface area contributed by atoms with E-state index in [-0.39, 0.29) is 5.91 Å². The van der Waals surface area contributed by atoms with Crippen molar-refractivity contribution in [2.24, 2.45) is 0 Å². The van der Waals surface area contributed by atoms with Crippen LogP contribution in [-0.2, 0) is 21.0 Å². The van der Waals surface area contributed by atoms with Gasteiger partial charge < -0.3 is 14.8 Å². The molecule has 0 radical (unpaired) electrons. The van der Waals surface area contributed by atoms with Crippen molar-refractivity contribution in [3.63, 3.8) is 0 Å². The quantitative estimate of drug-likeness (QED) is 0.288. The Morgan fingerprint density at radius 2 is 1.61 bits per heavy atom. The van der Waals surface area contributed by atoms with Gasteiger partial charge >= 0.3 is 5.97 Å². The Bertz CT molecular complexity index is 1160. The monoisotopic (exact) mass is 523 g/mol. The van der Waals surface area contributed by atoms with E-state index in [1.165, 1.54) is 12.7 Å². The highest BCUT2D eigenvalue weighted by molar-refractivity contribution is 7.98. The highest BCUT2D eigenvalue weighted by Gasteiger charge is 2.23. The molecule has 0 saturated carbocycles. The summed E-state index contributed by atoms with van der Waals surface area (Å²) in [5, 5.41) is 2.90. The molecule has 3 rings (SSSR count). The first kappa shape index (κ1) is 27.7. The summed E-state index contributed by atoms with van der Waals surface area (Å²) in [5.41, 5.74) is 5.86. The highest BCUT2D eigenvalue weighted by Crippen LogP contribution is 2.30. The lowest BCUT2D eigenvalue weighted by Gasteiger charge is -2.19. The number of carbonyl (C=O) groups is 2. The molecule has 0 saturated heterocycles. The smallest absolute Gasteiger partial charge is 0.328 e. The molecule has 0 aliphatic carbocycles. The number of nitrogens with one attached hydrogen (secondary N) is 1. The second-order valence-corrected chi connectivity index (χ2v) is 10.3. The van der Waals surface area contributed by atoms with Crippen LogP contribution in [-0.4, -0.2) is 44.1 Å². The Labute approximate surface area is 222 Å². The van der Waals surface area contributed by atoms with Crippen molar-refractivity contribution < 1.29 is 19.1 Å². The minimum atomic E-state index is -0.681. The van der Waals surface area contributed by atoms with E-state index in [0.717, 1.165) is 45.3 Å². The lowest BCUT2D eigenvalue weighted by Crippen LogP contribution is -2.42. The summed E-state index contributed by atoms with van der Waals surface area (Å²) in [5.74, 6) is 2.58. The van der Waals surface area contributed by atoms with Crippen LogP contribution in [0.15, 0.2) is 66.7 Å². The van der Waals surface area contributed by atoms with Crippen molar-refractivity contribution in [2.75, 3.05) is 26.2 Å². The highest BCUT2D eigenvalue weighted by atomic mass is 32.2. The molecule has 0 heterocycles. The SMILES string of the molecule is COC(=O)C(CCSC)NC(=O)c1ccc(CSCc2ccc(OC)cc2)cc1-c1ccccc1C. The predicted octanol–water partition coefficient (Wildman–Crippen LogP) is 6.13. The number of rotatable bonds is 12. The molecular weight excluding hydrogens is 490 g/mol. The Kier molecular flexibility index (Phi) is 10.8. The van der Waals surface area contributed by atoms with E-state index in [0.29, 0.717) is 12.0 Å². The minimum Gasteiger partial charge on any atom is -0.497 e. The molecule has 1 unspecified atom stereocenters. The molecule has 0 fully saturated rings. The topological polar surface area (TPSA) is 64.6 Å². The Hall–Kier alpha value is -2.90. The number of aryl methyl sites for hydroxylation is 1. The molecule has 190 valence electrons. The van der Waals surface area contributed by atoms with E-state index in [4.69, 9.17) is 9.47 Å². The van der Waals surface area contributed by atoms with Crippen molar-refractivity contribution in [3.05, 3.63) is 89.0 Å². The third kappa shape index (κ3) is 7.55. The zero-order valence-corrected chi connectivity index (χ0v) is 22.8. The van der Waals surface area contributed by atoms with Gasteiger partial charge in [0.15, 0.2) is 0 Å². The lowest BCUT2D eigenvalue weighted by atomic mass is 9.94. The van der Waals surface area contributed by atoms with Crippen LogP contribution in [0.2, 0.25) is 0 Å². The standard InChI is InChI=1S/C29H33NO4S2/c1-20-7-5-6-8-24(20)26-17-22(19-36-18-21-9-12-23(33-2)13-10-21)11-14-25(26)28(31)30-27(15-16-35-4)29(32)34-3/h5-14,17,27H,15-16,18-19H2,1-4H3,(H,30,31). The number of esters is 1. The van der Waals surface area contributed by atoms with Crippen molar-refractivity contribution in [2.45, 2.75) is 30.9 Å². The molecule has 0 spiro atoms. The Morgan fingerprint density at radius 1 is 0.917 bits per heavy atom. The first-order chi connectivity index (χ1) is 17.5. The summed E-state index contributed by atoms with van der Waals surface area (Å²) in [6.07, 6.45) is 2.48. The van der Waals surface area contributed by atoms with Gasteiger partial charge in [-0.2, -0.15) is 23.5 Å². The van der Waals surface area contributed by atoms with Gasteiger partial charge in [0, 0.05) is 17.1 Å². The number of benzene rings is 3. The second-order valence-electron chi connectivity index (χ2n) is 8.37. The molecule has 3 aromatic rings. The molecule has 0 aliphatic heterocycles. The van der Waals surface area contributed by atoms with Gasteiger partial charge in [-0.05, 0) is 77.4 Å². The van der Waals surface area contributed by atoms with Crippen LogP contribution in [0.25, 0.3) is 11.1 Å². The summed E-state index contributed by atoms with van der Waals surface area (Å²) in [4.78, 5) is 25.6. The molecule has 1 atom stereocenters. The number of carbonyl (C=O) groups excluding carboxylic acids is 2. The normalized spacial score (nSPS) is 11.6. The minimum absolute atomic E-state index is 0.276. The van der Waals surface area contributed by atoms with E-state index in [1.54, 1.807) is 18.9 Å². The predicted molar refractivity (Wildman–Crippen MR) is 151 cm³/mol. The summed E-state index contributed by atoms with van der Waals surface area (Å²) in [6.45, 7) is 2.04. The summed E-state index contributed by atoms with van der Waals surface area (Å²) in [6, 6.07) is 21.4. The van der Waals surface area contributed by atoms with Crippen LogP contribution >= 0.6 is 23.5 Å². The fraction of sp³-hybridized carbons (Fsp3) is 0.310. The van der Waals surface area contributed by atoms with Crippen LogP contribution in [0, 0.1) is 6.92 Å². The van der Waals surface area contributed by atoms with Crippen LogP contribution in [0.1, 0.15) is 33.5 Å². The van der Waals surface area contributed by atoms with Crippen LogP contribution in [0.4, 0.5) is 0 Å². The van der Waals surface area contributed by atoms with Gasteiger partial charge in [-0.25, -0.2) is 4.79 Å². The van der Waals surface area contributed by atoms with Crippen LogP contribution < -0.4 is 10.1 Å². The first-order valence-corrected chi connectivity index (χ1v) is 14.3. The molecule has 0 bridgehead atoms.